The third kappa shape index (κ3) is 3.17. The lowest BCUT2D eigenvalue weighted by Gasteiger charge is -2.34. The minimum Gasteiger partial charge on any atom is -0.473 e. The molecule has 0 atom stereocenters. The molecule has 0 aliphatic heterocycles. The van der Waals surface area contributed by atoms with E-state index in [-0.39, 0.29) is 13.2 Å². The molecule has 5 nitrogen and oxygen atoms in total. The molecule has 1 N–H and O–H groups in total. The van der Waals surface area contributed by atoms with Crippen LogP contribution in [0, 0.1) is 0 Å². The van der Waals surface area contributed by atoms with Crippen molar-refractivity contribution in [3.05, 3.63) is 114 Å². The number of hydrogen-bond acceptors (Lipinski definition) is 4. The molecule has 0 fully saturated rings. The molecule has 0 saturated heterocycles. The summed E-state index contributed by atoms with van der Waals surface area (Å²) >= 11 is 0. The Morgan fingerprint density at radius 3 is 1.64 bits per heavy atom. The Kier molecular flexibility index (Phi) is 5.17. The van der Waals surface area contributed by atoms with Crippen molar-refractivity contribution >= 4 is 0 Å². The molecule has 4 aromatic rings. The smallest absolute Gasteiger partial charge is 0.253 e. The van der Waals surface area contributed by atoms with Crippen molar-refractivity contribution in [3.8, 4) is 5.88 Å². The molecule has 0 unspecified atom stereocenters. The van der Waals surface area contributed by atoms with Gasteiger partial charge in [-0.1, -0.05) is 91.0 Å². The van der Waals surface area contributed by atoms with E-state index in [1.807, 2.05) is 54.6 Å². The molecule has 0 amide bonds. The van der Waals surface area contributed by atoms with Gasteiger partial charge in [0.2, 0.25) is 0 Å². The fourth-order valence-electron chi connectivity index (χ4n) is 3.51. The summed E-state index contributed by atoms with van der Waals surface area (Å²) in [6.07, 6.45) is 1.58. The number of nitrogens with zero attached hydrogens (tertiary/aromatic N) is 3. The van der Waals surface area contributed by atoms with Gasteiger partial charge < -0.3 is 9.84 Å². The van der Waals surface area contributed by atoms with Gasteiger partial charge in [-0.05, 0) is 16.7 Å². The Balaban J connectivity index is 2.00. The highest BCUT2D eigenvalue weighted by molar-refractivity contribution is 5.49. The number of aliphatic hydroxyl groups is 1. The van der Waals surface area contributed by atoms with E-state index in [0.29, 0.717) is 5.88 Å². The van der Waals surface area contributed by atoms with Crippen molar-refractivity contribution in [2.24, 2.45) is 0 Å². The highest BCUT2D eigenvalue weighted by Crippen LogP contribution is 2.39. The first-order valence-electron chi connectivity index (χ1n) is 9.19. The van der Waals surface area contributed by atoms with E-state index in [2.05, 4.69) is 46.6 Å². The van der Waals surface area contributed by atoms with Gasteiger partial charge in [0.1, 0.15) is 12.8 Å². The molecule has 4 rings (SSSR count). The van der Waals surface area contributed by atoms with Crippen molar-refractivity contribution in [2.75, 3.05) is 13.2 Å². The zero-order valence-corrected chi connectivity index (χ0v) is 15.3. The number of rotatable bonds is 7. The highest BCUT2D eigenvalue weighted by Gasteiger charge is 2.40. The molecule has 0 bridgehead atoms. The van der Waals surface area contributed by atoms with E-state index < -0.39 is 5.54 Å². The van der Waals surface area contributed by atoms with Crippen molar-refractivity contribution in [3.63, 3.8) is 0 Å². The average Bonchev–Trinajstić information content (AvgIpc) is 3.24. The Labute approximate surface area is 163 Å². The van der Waals surface area contributed by atoms with Crippen molar-refractivity contribution in [1.29, 1.82) is 0 Å². The molecule has 3 aromatic carbocycles. The third-order valence-electron chi connectivity index (χ3n) is 4.69. The number of aromatic nitrogens is 3. The minimum atomic E-state index is -0.759. The molecule has 1 heterocycles. The molecule has 0 saturated carbocycles. The van der Waals surface area contributed by atoms with Gasteiger partial charge >= 0.3 is 0 Å². The Morgan fingerprint density at radius 1 is 0.750 bits per heavy atom. The van der Waals surface area contributed by atoms with Crippen LogP contribution in [0.5, 0.6) is 5.88 Å². The zero-order valence-electron chi connectivity index (χ0n) is 15.3. The molecule has 28 heavy (non-hydrogen) atoms. The second kappa shape index (κ2) is 8.06. The van der Waals surface area contributed by atoms with Crippen molar-refractivity contribution < 1.29 is 9.84 Å². The van der Waals surface area contributed by atoms with Crippen LogP contribution < -0.4 is 4.74 Å². The molecule has 0 aliphatic rings. The van der Waals surface area contributed by atoms with Crippen molar-refractivity contribution in [2.45, 2.75) is 5.54 Å². The van der Waals surface area contributed by atoms with Crippen LogP contribution in [0.2, 0.25) is 0 Å². The SMILES string of the molecule is OCCOc1cnn(C(c2ccccc2)(c2ccccc2)c2ccccc2)n1. The van der Waals surface area contributed by atoms with Crippen LogP contribution in [-0.2, 0) is 5.54 Å². The minimum absolute atomic E-state index is 0.0753. The van der Waals surface area contributed by atoms with E-state index in [1.165, 1.54) is 0 Å². The molecule has 5 heteroatoms. The summed E-state index contributed by atoms with van der Waals surface area (Å²) in [4.78, 5) is 1.69. The van der Waals surface area contributed by atoms with E-state index in [9.17, 15) is 0 Å². The van der Waals surface area contributed by atoms with Gasteiger partial charge in [0.05, 0.1) is 6.61 Å². The van der Waals surface area contributed by atoms with Crippen LogP contribution in [0.1, 0.15) is 16.7 Å². The van der Waals surface area contributed by atoms with Crippen molar-refractivity contribution in [1.82, 2.24) is 15.0 Å². The van der Waals surface area contributed by atoms with Gasteiger partial charge in [0, 0.05) is 0 Å². The first-order valence-corrected chi connectivity index (χ1v) is 9.19. The van der Waals surface area contributed by atoms with Gasteiger partial charge in [-0.15, -0.1) is 5.10 Å². The van der Waals surface area contributed by atoms with Gasteiger partial charge in [0.15, 0.2) is 5.54 Å². The molecular formula is C23H21N3O2. The van der Waals surface area contributed by atoms with Gasteiger partial charge in [-0.3, -0.25) is 0 Å². The van der Waals surface area contributed by atoms with E-state index >= 15 is 0 Å². The summed E-state index contributed by atoms with van der Waals surface area (Å²) in [5, 5.41) is 18.2. The van der Waals surface area contributed by atoms with Gasteiger partial charge in [0.25, 0.3) is 5.88 Å². The molecular weight excluding hydrogens is 350 g/mol. The fourth-order valence-corrected chi connectivity index (χ4v) is 3.51. The second-order valence-corrected chi connectivity index (χ2v) is 6.35. The summed E-state index contributed by atoms with van der Waals surface area (Å²) < 4.78 is 5.49. The monoisotopic (exact) mass is 371 g/mol. The van der Waals surface area contributed by atoms with Crippen LogP contribution in [-0.4, -0.2) is 33.3 Å². The third-order valence-corrected chi connectivity index (χ3v) is 4.69. The van der Waals surface area contributed by atoms with Gasteiger partial charge in [-0.25, -0.2) is 0 Å². The summed E-state index contributed by atoms with van der Waals surface area (Å²) in [5.74, 6) is 0.376. The van der Waals surface area contributed by atoms with E-state index in [0.717, 1.165) is 16.7 Å². The standard InChI is InChI=1S/C23H21N3O2/c27-16-17-28-22-18-24-26(25-22)23(19-10-4-1-5-11-19,20-12-6-2-7-13-20)21-14-8-3-9-15-21/h1-15,18,27H,16-17H2. The highest BCUT2D eigenvalue weighted by atomic mass is 16.5. The first-order chi connectivity index (χ1) is 13.9. The predicted molar refractivity (Wildman–Crippen MR) is 107 cm³/mol. The Morgan fingerprint density at radius 2 is 1.21 bits per heavy atom. The van der Waals surface area contributed by atoms with Crippen LogP contribution >= 0.6 is 0 Å². The number of hydrogen-bond donors (Lipinski definition) is 1. The van der Waals surface area contributed by atoms with Crippen LogP contribution in [0.3, 0.4) is 0 Å². The van der Waals surface area contributed by atoms with Crippen LogP contribution in [0.15, 0.2) is 97.2 Å². The lowest BCUT2D eigenvalue weighted by molar-refractivity contribution is 0.194. The Hall–Kier alpha value is -3.44. The lowest BCUT2D eigenvalue weighted by atomic mass is 9.77. The van der Waals surface area contributed by atoms with Crippen LogP contribution in [0.4, 0.5) is 0 Å². The topological polar surface area (TPSA) is 60.2 Å². The maximum atomic E-state index is 9.05. The van der Waals surface area contributed by atoms with E-state index in [1.54, 1.807) is 11.0 Å². The zero-order chi connectivity index (χ0) is 19.2. The maximum Gasteiger partial charge on any atom is 0.253 e. The Bertz CT molecular complexity index is 905. The summed E-state index contributed by atoms with van der Waals surface area (Å²) in [6.45, 7) is 0.0990. The second-order valence-electron chi connectivity index (χ2n) is 6.35. The summed E-state index contributed by atoms with van der Waals surface area (Å²) in [5.41, 5.74) is 2.36. The summed E-state index contributed by atoms with van der Waals surface area (Å²) in [6, 6.07) is 30.6. The molecule has 0 spiro atoms. The average molecular weight is 371 g/mol. The number of ether oxygens (including phenoxy) is 1. The number of aliphatic hydroxyl groups excluding tert-OH is 1. The first kappa shape index (κ1) is 17.9. The maximum absolute atomic E-state index is 9.05. The van der Waals surface area contributed by atoms with Crippen LogP contribution in [0.25, 0.3) is 0 Å². The predicted octanol–water partition coefficient (Wildman–Crippen LogP) is 3.49. The molecule has 140 valence electrons. The normalized spacial score (nSPS) is 11.3. The van der Waals surface area contributed by atoms with E-state index in [4.69, 9.17) is 9.84 Å². The molecule has 0 aliphatic carbocycles. The molecule has 1 aromatic heterocycles. The van der Waals surface area contributed by atoms with Gasteiger partial charge in [-0.2, -0.15) is 9.90 Å². The molecule has 0 radical (unpaired) electrons. The largest absolute Gasteiger partial charge is 0.473 e. The fraction of sp³-hybridized carbons (Fsp3) is 0.130. The summed E-state index contributed by atoms with van der Waals surface area (Å²) in [7, 11) is 0. The number of benzene rings is 3. The quantitative estimate of drug-likeness (QED) is 0.505. The lowest BCUT2D eigenvalue weighted by Crippen LogP contribution is -2.39.